The Hall–Kier alpha value is -2.17. The molecule has 0 saturated heterocycles. The highest BCUT2D eigenvalue weighted by atomic mass is 16.5. The topological polar surface area (TPSA) is 72.3 Å². The molecule has 0 unspecified atom stereocenters. The van der Waals surface area contributed by atoms with E-state index < -0.39 is 5.97 Å². The van der Waals surface area contributed by atoms with Crippen molar-refractivity contribution in [2.45, 2.75) is 26.4 Å². The highest BCUT2D eigenvalue weighted by Gasteiger charge is 2.16. The number of carboxylic acid groups (broad SMARTS) is 1. The molecule has 5 heteroatoms. The van der Waals surface area contributed by atoms with Gasteiger partial charge in [-0.1, -0.05) is 0 Å². The van der Waals surface area contributed by atoms with E-state index in [0.29, 0.717) is 16.8 Å². The molecule has 1 heterocycles. The summed E-state index contributed by atoms with van der Waals surface area (Å²) >= 11 is 0. The van der Waals surface area contributed by atoms with Crippen molar-refractivity contribution in [3.8, 4) is 5.88 Å². The van der Waals surface area contributed by atoms with Crippen LogP contribution in [0.1, 0.15) is 31.1 Å². The van der Waals surface area contributed by atoms with Crippen molar-refractivity contribution in [1.29, 1.82) is 0 Å². The maximum Gasteiger partial charge on any atom is 0.335 e. The molecule has 0 aliphatic rings. The molecule has 2 rings (SSSR count). The first-order chi connectivity index (χ1) is 8.37. The molecule has 0 amide bonds. The molecule has 1 aromatic heterocycles. The fourth-order valence-electron chi connectivity index (χ4n) is 1.54. The molecule has 0 radical (unpaired) electrons. The van der Waals surface area contributed by atoms with E-state index in [9.17, 15) is 4.79 Å². The third kappa shape index (κ3) is 2.56. The van der Waals surface area contributed by atoms with Gasteiger partial charge < -0.3 is 9.84 Å². The second kappa shape index (κ2) is 4.25. The van der Waals surface area contributed by atoms with Crippen molar-refractivity contribution in [2.75, 3.05) is 0 Å². The van der Waals surface area contributed by atoms with Crippen LogP contribution in [0.3, 0.4) is 0 Å². The lowest BCUT2D eigenvalue weighted by atomic mass is 10.1. The molecule has 5 nitrogen and oxygen atoms in total. The number of benzene rings is 1. The Labute approximate surface area is 104 Å². The molecule has 0 spiro atoms. The third-order valence-electron chi connectivity index (χ3n) is 2.25. The van der Waals surface area contributed by atoms with Gasteiger partial charge in [0.05, 0.1) is 16.5 Å². The van der Waals surface area contributed by atoms with Crippen LogP contribution in [0.4, 0.5) is 0 Å². The zero-order chi connectivity index (χ0) is 13.3. The van der Waals surface area contributed by atoms with Crippen LogP contribution in [0.5, 0.6) is 5.88 Å². The number of fused-ring (bicyclic) bond motifs is 1. The molecule has 0 saturated carbocycles. The maximum absolute atomic E-state index is 10.9. The minimum absolute atomic E-state index is 0.197. The molecule has 0 atom stereocenters. The molecule has 18 heavy (non-hydrogen) atoms. The van der Waals surface area contributed by atoms with Gasteiger partial charge in [-0.2, -0.15) is 0 Å². The predicted molar refractivity (Wildman–Crippen MR) is 66.9 cm³/mol. The predicted octanol–water partition coefficient (Wildman–Crippen LogP) is 2.51. The Kier molecular flexibility index (Phi) is 2.90. The normalized spacial score (nSPS) is 11.5. The van der Waals surface area contributed by atoms with Crippen LogP contribution < -0.4 is 4.74 Å². The number of aromatic carboxylic acids is 1. The Bertz CT molecular complexity index is 603. The van der Waals surface area contributed by atoms with Crippen molar-refractivity contribution in [3.63, 3.8) is 0 Å². The quantitative estimate of drug-likeness (QED) is 0.881. The summed E-state index contributed by atoms with van der Waals surface area (Å²) in [6, 6.07) is 4.69. The number of carboxylic acids is 1. The fourth-order valence-corrected chi connectivity index (χ4v) is 1.54. The number of ether oxygens (including phenoxy) is 1. The summed E-state index contributed by atoms with van der Waals surface area (Å²) in [5.74, 6) is -0.516. The largest absolute Gasteiger partial charge is 0.478 e. The zero-order valence-corrected chi connectivity index (χ0v) is 10.5. The number of carbonyl (C=O) groups is 1. The van der Waals surface area contributed by atoms with Gasteiger partial charge in [0.25, 0.3) is 0 Å². The summed E-state index contributed by atoms with van der Waals surface area (Å²) in [7, 11) is 0. The van der Waals surface area contributed by atoms with Crippen LogP contribution in [-0.2, 0) is 0 Å². The van der Waals surface area contributed by atoms with Crippen LogP contribution >= 0.6 is 0 Å². The van der Waals surface area contributed by atoms with E-state index in [4.69, 9.17) is 9.84 Å². The van der Waals surface area contributed by atoms with E-state index in [1.54, 1.807) is 6.07 Å². The third-order valence-corrected chi connectivity index (χ3v) is 2.25. The molecule has 2 aromatic rings. The average Bonchev–Trinajstić information content (AvgIpc) is 2.26. The minimum atomic E-state index is -0.978. The summed E-state index contributed by atoms with van der Waals surface area (Å²) in [5, 5.41) is 9.63. The maximum atomic E-state index is 10.9. The van der Waals surface area contributed by atoms with Crippen molar-refractivity contribution in [2.24, 2.45) is 0 Å². The lowest BCUT2D eigenvalue weighted by Gasteiger charge is -2.21. The summed E-state index contributed by atoms with van der Waals surface area (Å²) in [4.78, 5) is 19.0. The number of aromatic nitrogens is 2. The van der Waals surface area contributed by atoms with Gasteiger partial charge in [-0.3, -0.25) is 0 Å². The number of hydrogen-bond donors (Lipinski definition) is 1. The molecule has 0 aliphatic heterocycles. The number of hydrogen-bond acceptors (Lipinski definition) is 4. The first-order valence-corrected chi connectivity index (χ1v) is 5.54. The standard InChI is InChI=1S/C13H14N2O3/c1-13(2,3)18-11-9-5-4-8(12(16)17)6-10(9)14-7-15-11/h4-7H,1-3H3,(H,16,17). The van der Waals surface area contributed by atoms with Crippen LogP contribution in [0.2, 0.25) is 0 Å². The van der Waals surface area contributed by atoms with E-state index in [2.05, 4.69) is 9.97 Å². The fraction of sp³-hybridized carbons (Fsp3) is 0.308. The Morgan fingerprint density at radius 1 is 1.28 bits per heavy atom. The van der Waals surface area contributed by atoms with Gasteiger partial charge >= 0.3 is 5.97 Å². The van der Waals surface area contributed by atoms with E-state index >= 15 is 0 Å². The van der Waals surface area contributed by atoms with Gasteiger partial charge in [0.15, 0.2) is 0 Å². The lowest BCUT2D eigenvalue weighted by molar-refractivity contribution is 0.0697. The van der Waals surface area contributed by atoms with Crippen molar-refractivity contribution in [1.82, 2.24) is 9.97 Å². The SMILES string of the molecule is CC(C)(C)Oc1ncnc2cc(C(=O)O)ccc12. The van der Waals surface area contributed by atoms with Crippen LogP contribution in [0, 0.1) is 0 Å². The van der Waals surface area contributed by atoms with Crippen molar-refractivity contribution >= 4 is 16.9 Å². The van der Waals surface area contributed by atoms with Crippen LogP contribution in [0.25, 0.3) is 10.9 Å². The van der Waals surface area contributed by atoms with Crippen LogP contribution in [0.15, 0.2) is 24.5 Å². The summed E-state index contributed by atoms with van der Waals surface area (Å²) in [5.41, 5.74) is 0.388. The number of nitrogens with zero attached hydrogens (tertiary/aromatic N) is 2. The van der Waals surface area contributed by atoms with Gasteiger partial charge in [0, 0.05) is 0 Å². The number of rotatable bonds is 2. The lowest BCUT2D eigenvalue weighted by Crippen LogP contribution is -2.23. The van der Waals surface area contributed by atoms with Gasteiger partial charge in [0.2, 0.25) is 5.88 Å². The van der Waals surface area contributed by atoms with E-state index in [-0.39, 0.29) is 11.2 Å². The molecular weight excluding hydrogens is 232 g/mol. The highest BCUT2D eigenvalue weighted by Crippen LogP contribution is 2.25. The van der Waals surface area contributed by atoms with E-state index in [1.807, 2.05) is 20.8 Å². The average molecular weight is 246 g/mol. The van der Waals surface area contributed by atoms with E-state index in [1.165, 1.54) is 18.5 Å². The summed E-state index contributed by atoms with van der Waals surface area (Å²) in [6.45, 7) is 5.77. The second-order valence-electron chi connectivity index (χ2n) is 4.93. The smallest absolute Gasteiger partial charge is 0.335 e. The molecule has 1 N–H and O–H groups in total. The summed E-state index contributed by atoms with van der Waals surface area (Å²) in [6.07, 6.45) is 1.37. The Balaban J connectivity index is 2.54. The van der Waals surface area contributed by atoms with Crippen molar-refractivity contribution < 1.29 is 14.6 Å². The van der Waals surface area contributed by atoms with Crippen LogP contribution in [-0.4, -0.2) is 26.6 Å². The highest BCUT2D eigenvalue weighted by molar-refractivity contribution is 5.94. The van der Waals surface area contributed by atoms with Crippen molar-refractivity contribution in [3.05, 3.63) is 30.1 Å². The zero-order valence-electron chi connectivity index (χ0n) is 10.5. The molecular formula is C13H14N2O3. The first kappa shape index (κ1) is 12.3. The monoisotopic (exact) mass is 246 g/mol. The molecule has 0 bridgehead atoms. The summed E-state index contributed by atoms with van der Waals surface area (Å²) < 4.78 is 5.72. The first-order valence-electron chi connectivity index (χ1n) is 5.54. The minimum Gasteiger partial charge on any atom is -0.478 e. The van der Waals surface area contributed by atoms with Gasteiger partial charge in [-0.05, 0) is 39.0 Å². The molecule has 94 valence electrons. The molecule has 0 aliphatic carbocycles. The Morgan fingerprint density at radius 3 is 2.61 bits per heavy atom. The molecule has 1 aromatic carbocycles. The second-order valence-corrected chi connectivity index (χ2v) is 4.93. The van der Waals surface area contributed by atoms with Gasteiger partial charge in [0.1, 0.15) is 11.9 Å². The Morgan fingerprint density at radius 2 is 2.00 bits per heavy atom. The van der Waals surface area contributed by atoms with Gasteiger partial charge in [-0.25, -0.2) is 14.8 Å². The van der Waals surface area contributed by atoms with Gasteiger partial charge in [-0.15, -0.1) is 0 Å². The van der Waals surface area contributed by atoms with E-state index in [0.717, 1.165) is 0 Å². The molecule has 0 fully saturated rings.